The summed E-state index contributed by atoms with van der Waals surface area (Å²) in [6.45, 7) is 0. The third-order valence-corrected chi connectivity index (χ3v) is 5.05. The molecular formula is C21H22O3. The van der Waals surface area contributed by atoms with E-state index in [-0.39, 0.29) is 12.2 Å². The van der Waals surface area contributed by atoms with E-state index in [4.69, 9.17) is 5.11 Å². The van der Waals surface area contributed by atoms with Crippen LogP contribution in [0.2, 0.25) is 0 Å². The lowest BCUT2D eigenvalue weighted by atomic mass is 9.70. The van der Waals surface area contributed by atoms with Gasteiger partial charge in [-0.1, -0.05) is 54.6 Å². The number of hydrogen-bond donors (Lipinski definition) is 1. The Kier molecular flexibility index (Phi) is 4.79. The van der Waals surface area contributed by atoms with Crippen LogP contribution in [0.4, 0.5) is 0 Å². The van der Waals surface area contributed by atoms with Crippen molar-refractivity contribution in [3.63, 3.8) is 0 Å². The molecule has 0 aromatic heterocycles. The molecule has 3 heteroatoms. The first kappa shape index (κ1) is 16.4. The standard InChI is InChI=1S/C21H22O3/c22-19(23)12-14-21(15-16-7-2-1-3-8-16)13-6-10-17-9-4-5-11-18(17)20(21)24/h1-5,7-9,11H,6,10,12-15H2,(H,22,23)/t21-/m1/s1. The van der Waals surface area contributed by atoms with Crippen molar-refractivity contribution in [1.82, 2.24) is 0 Å². The van der Waals surface area contributed by atoms with Gasteiger partial charge in [0.1, 0.15) is 0 Å². The predicted octanol–water partition coefficient (Wildman–Crippen LogP) is 4.30. The number of aliphatic carboxylic acids is 1. The molecule has 0 saturated carbocycles. The summed E-state index contributed by atoms with van der Waals surface area (Å²) >= 11 is 0. The largest absolute Gasteiger partial charge is 0.481 e. The Labute approximate surface area is 142 Å². The second-order valence-electron chi connectivity index (χ2n) is 6.68. The van der Waals surface area contributed by atoms with Crippen LogP contribution in [0.25, 0.3) is 0 Å². The highest BCUT2D eigenvalue weighted by Crippen LogP contribution is 2.41. The third-order valence-electron chi connectivity index (χ3n) is 5.05. The minimum Gasteiger partial charge on any atom is -0.481 e. The molecule has 1 aliphatic rings. The van der Waals surface area contributed by atoms with Crippen molar-refractivity contribution >= 4 is 11.8 Å². The average Bonchev–Trinajstić information content (AvgIpc) is 2.72. The molecule has 2 aromatic rings. The normalized spacial score (nSPS) is 20.2. The molecule has 0 spiro atoms. The maximum absolute atomic E-state index is 13.4. The molecule has 0 bridgehead atoms. The zero-order valence-electron chi connectivity index (χ0n) is 13.7. The molecule has 2 aromatic carbocycles. The number of hydrogen-bond acceptors (Lipinski definition) is 2. The maximum atomic E-state index is 13.4. The molecule has 0 amide bonds. The van der Waals surface area contributed by atoms with Gasteiger partial charge in [-0.15, -0.1) is 0 Å². The molecule has 0 heterocycles. The van der Waals surface area contributed by atoms with Crippen molar-refractivity contribution in [3.05, 3.63) is 71.3 Å². The molecule has 1 N–H and O–H groups in total. The van der Waals surface area contributed by atoms with Crippen molar-refractivity contribution in [3.8, 4) is 0 Å². The first-order valence-electron chi connectivity index (χ1n) is 8.49. The Balaban J connectivity index is 2.00. The quantitative estimate of drug-likeness (QED) is 0.835. The number of benzene rings is 2. The number of aryl methyl sites for hydroxylation is 1. The molecule has 24 heavy (non-hydrogen) atoms. The van der Waals surface area contributed by atoms with Gasteiger partial charge < -0.3 is 5.11 Å². The first-order valence-corrected chi connectivity index (χ1v) is 8.49. The van der Waals surface area contributed by atoms with Gasteiger partial charge in [0, 0.05) is 17.4 Å². The molecule has 3 nitrogen and oxygen atoms in total. The number of Topliss-reactive ketones (excluding diaryl/α,β-unsaturated/α-hetero) is 1. The lowest BCUT2D eigenvalue weighted by Crippen LogP contribution is -2.34. The Morgan fingerprint density at radius 3 is 2.50 bits per heavy atom. The summed E-state index contributed by atoms with van der Waals surface area (Å²) in [5, 5.41) is 9.17. The van der Waals surface area contributed by atoms with Gasteiger partial charge >= 0.3 is 5.97 Å². The zero-order chi connectivity index (χ0) is 17.0. The minimum absolute atomic E-state index is 0.0285. The van der Waals surface area contributed by atoms with E-state index >= 15 is 0 Å². The second kappa shape index (κ2) is 7.00. The molecular weight excluding hydrogens is 300 g/mol. The summed E-state index contributed by atoms with van der Waals surface area (Å²) in [5.74, 6) is -0.728. The lowest BCUT2D eigenvalue weighted by Gasteiger charge is -2.31. The summed E-state index contributed by atoms with van der Waals surface area (Å²) < 4.78 is 0. The third kappa shape index (κ3) is 3.40. The predicted molar refractivity (Wildman–Crippen MR) is 93.2 cm³/mol. The van der Waals surface area contributed by atoms with Crippen molar-refractivity contribution in [2.75, 3.05) is 0 Å². The average molecular weight is 322 g/mol. The fraction of sp³-hybridized carbons (Fsp3) is 0.333. The first-order chi connectivity index (χ1) is 11.6. The zero-order valence-corrected chi connectivity index (χ0v) is 13.7. The van der Waals surface area contributed by atoms with Crippen LogP contribution in [-0.4, -0.2) is 16.9 Å². The lowest BCUT2D eigenvalue weighted by molar-refractivity contribution is -0.137. The van der Waals surface area contributed by atoms with Crippen LogP contribution in [0.1, 0.15) is 47.2 Å². The van der Waals surface area contributed by atoms with Gasteiger partial charge in [0.15, 0.2) is 5.78 Å². The fourth-order valence-electron chi connectivity index (χ4n) is 3.80. The number of carboxylic acid groups (broad SMARTS) is 1. The number of ketones is 1. The van der Waals surface area contributed by atoms with Gasteiger partial charge in [0.25, 0.3) is 0 Å². The molecule has 1 atom stereocenters. The van der Waals surface area contributed by atoms with Gasteiger partial charge in [0.2, 0.25) is 0 Å². The molecule has 0 unspecified atom stereocenters. The highest BCUT2D eigenvalue weighted by atomic mass is 16.4. The van der Waals surface area contributed by atoms with Crippen LogP contribution in [0.5, 0.6) is 0 Å². The molecule has 0 aliphatic heterocycles. The summed E-state index contributed by atoms with van der Waals surface area (Å²) in [7, 11) is 0. The topological polar surface area (TPSA) is 54.4 Å². The molecule has 124 valence electrons. The highest BCUT2D eigenvalue weighted by molar-refractivity contribution is 6.02. The second-order valence-corrected chi connectivity index (χ2v) is 6.68. The Bertz CT molecular complexity index is 736. The summed E-state index contributed by atoms with van der Waals surface area (Å²) in [4.78, 5) is 24.5. The van der Waals surface area contributed by atoms with E-state index in [1.165, 1.54) is 0 Å². The number of fused-ring (bicyclic) bond motifs is 1. The fourth-order valence-corrected chi connectivity index (χ4v) is 3.80. The van der Waals surface area contributed by atoms with Crippen molar-refractivity contribution in [2.45, 2.75) is 38.5 Å². The van der Waals surface area contributed by atoms with E-state index in [1.807, 2.05) is 54.6 Å². The van der Waals surface area contributed by atoms with Gasteiger partial charge in [-0.3, -0.25) is 9.59 Å². The SMILES string of the molecule is O=C(O)CC[C@@]1(Cc2ccccc2)CCCc2ccccc2C1=O. The molecule has 0 fully saturated rings. The van der Waals surface area contributed by atoms with Crippen LogP contribution >= 0.6 is 0 Å². The van der Waals surface area contributed by atoms with E-state index in [0.29, 0.717) is 12.8 Å². The van der Waals surface area contributed by atoms with E-state index in [2.05, 4.69) is 0 Å². The van der Waals surface area contributed by atoms with E-state index in [9.17, 15) is 9.59 Å². The van der Waals surface area contributed by atoms with Gasteiger partial charge in [-0.05, 0) is 43.2 Å². The number of rotatable bonds is 5. The van der Waals surface area contributed by atoms with Crippen LogP contribution < -0.4 is 0 Å². The number of carbonyl (C=O) groups is 2. The summed E-state index contributed by atoms with van der Waals surface area (Å²) in [5.41, 5.74) is 2.34. The van der Waals surface area contributed by atoms with E-state index < -0.39 is 11.4 Å². The molecule has 3 rings (SSSR count). The van der Waals surface area contributed by atoms with Crippen molar-refractivity contribution in [1.29, 1.82) is 0 Å². The monoisotopic (exact) mass is 322 g/mol. The van der Waals surface area contributed by atoms with Gasteiger partial charge in [0.05, 0.1) is 0 Å². The number of carbonyl (C=O) groups excluding carboxylic acids is 1. The van der Waals surface area contributed by atoms with E-state index in [1.54, 1.807) is 0 Å². The van der Waals surface area contributed by atoms with Crippen LogP contribution in [0.15, 0.2) is 54.6 Å². The maximum Gasteiger partial charge on any atom is 0.303 e. The minimum atomic E-state index is -0.840. The van der Waals surface area contributed by atoms with Gasteiger partial charge in [-0.25, -0.2) is 0 Å². The Morgan fingerprint density at radius 1 is 1.04 bits per heavy atom. The summed E-state index contributed by atoms with van der Waals surface area (Å²) in [6.07, 6.45) is 3.56. The van der Waals surface area contributed by atoms with Crippen LogP contribution in [0.3, 0.4) is 0 Å². The van der Waals surface area contributed by atoms with E-state index in [0.717, 1.165) is 36.0 Å². The van der Waals surface area contributed by atoms with Crippen molar-refractivity contribution in [2.24, 2.45) is 5.41 Å². The molecule has 1 aliphatic carbocycles. The Morgan fingerprint density at radius 2 is 1.75 bits per heavy atom. The van der Waals surface area contributed by atoms with Crippen LogP contribution in [0, 0.1) is 5.41 Å². The van der Waals surface area contributed by atoms with Crippen LogP contribution in [-0.2, 0) is 17.6 Å². The number of carboxylic acids is 1. The highest BCUT2D eigenvalue weighted by Gasteiger charge is 2.40. The van der Waals surface area contributed by atoms with Gasteiger partial charge in [-0.2, -0.15) is 0 Å². The van der Waals surface area contributed by atoms with Crippen molar-refractivity contribution < 1.29 is 14.7 Å². The Hall–Kier alpha value is -2.42. The molecule has 0 saturated heterocycles. The molecule has 0 radical (unpaired) electrons. The summed E-state index contributed by atoms with van der Waals surface area (Å²) in [6, 6.07) is 17.7. The smallest absolute Gasteiger partial charge is 0.303 e.